The van der Waals surface area contributed by atoms with Crippen LogP contribution in [0.3, 0.4) is 0 Å². The zero-order valence-electron chi connectivity index (χ0n) is 10.3. The highest BCUT2D eigenvalue weighted by Crippen LogP contribution is 2.22. The molecule has 0 aliphatic heterocycles. The second-order valence-corrected chi connectivity index (χ2v) is 5.95. The molecule has 0 saturated carbocycles. The van der Waals surface area contributed by atoms with E-state index in [1.807, 2.05) is 6.07 Å². The van der Waals surface area contributed by atoms with Crippen molar-refractivity contribution in [1.82, 2.24) is 8.96 Å². The number of nitriles is 1. The zero-order valence-corrected chi connectivity index (χ0v) is 11.1. The van der Waals surface area contributed by atoms with Gasteiger partial charge in [-0.25, -0.2) is 17.4 Å². The normalized spacial score (nSPS) is 11.3. The summed E-state index contributed by atoms with van der Waals surface area (Å²) in [4.78, 5) is 4.26. The van der Waals surface area contributed by atoms with Crippen molar-refractivity contribution >= 4 is 21.1 Å². The van der Waals surface area contributed by atoms with Crippen molar-refractivity contribution in [1.29, 1.82) is 5.26 Å². The molecular formula is C14H9N3O2S. The maximum Gasteiger partial charge on any atom is 0.269 e. The summed E-state index contributed by atoms with van der Waals surface area (Å²) in [5.41, 5.74) is 0.657. The minimum Gasteiger partial charge on any atom is -0.237 e. The van der Waals surface area contributed by atoms with Gasteiger partial charge in [-0.15, -0.1) is 0 Å². The van der Waals surface area contributed by atoms with Gasteiger partial charge in [-0.3, -0.25) is 0 Å². The number of hydrogen-bond acceptors (Lipinski definition) is 4. The predicted octanol–water partition coefficient (Wildman–Crippen LogP) is 2.14. The van der Waals surface area contributed by atoms with Crippen molar-refractivity contribution in [2.45, 2.75) is 4.90 Å². The van der Waals surface area contributed by atoms with Gasteiger partial charge in [0.25, 0.3) is 10.0 Å². The van der Waals surface area contributed by atoms with E-state index in [0.717, 1.165) is 3.97 Å². The van der Waals surface area contributed by atoms with Gasteiger partial charge in [0, 0.05) is 17.8 Å². The van der Waals surface area contributed by atoms with E-state index in [0.29, 0.717) is 10.9 Å². The first kappa shape index (κ1) is 12.4. The molecule has 0 unspecified atom stereocenters. The summed E-state index contributed by atoms with van der Waals surface area (Å²) in [7, 11) is -3.70. The summed E-state index contributed by atoms with van der Waals surface area (Å²) in [6, 6.07) is 13.3. The van der Waals surface area contributed by atoms with Gasteiger partial charge in [0.2, 0.25) is 0 Å². The van der Waals surface area contributed by atoms with Crippen LogP contribution in [0.5, 0.6) is 0 Å². The van der Waals surface area contributed by atoms with Gasteiger partial charge in [-0.1, -0.05) is 18.2 Å². The van der Waals surface area contributed by atoms with E-state index in [4.69, 9.17) is 5.26 Å². The third-order valence-corrected chi connectivity index (χ3v) is 4.66. The Balaban J connectivity index is 2.29. The first-order valence-electron chi connectivity index (χ1n) is 5.81. The Morgan fingerprint density at radius 3 is 2.55 bits per heavy atom. The summed E-state index contributed by atoms with van der Waals surface area (Å²) in [6.07, 6.45) is 2.85. The van der Waals surface area contributed by atoms with Crippen LogP contribution < -0.4 is 0 Å². The van der Waals surface area contributed by atoms with Crippen LogP contribution in [0.15, 0.2) is 59.8 Å². The average molecular weight is 283 g/mol. The summed E-state index contributed by atoms with van der Waals surface area (Å²) in [5, 5.41) is 9.55. The number of fused-ring (bicyclic) bond motifs is 1. The minimum absolute atomic E-state index is 0.182. The fourth-order valence-corrected chi connectivity index (χ4v) is 3.33. The molecule has 0 fully saturated rings. The third kappa shape index (κ3) is 1.76. The Labute approximate surface area is 115 Å². The lowest BCUT2D eigenvalue weighted by Crippen LogP contribution is -2.12. The highest BCUT2D eigenvalue weighted by Gasteiger charge is 2.19. The average Bonchev–Trinajstić information content (AvgIpc) is 2.92. The van der Waals surface area contributed by atoms with Crippen LogP contribution in [0.1, 0.15) is 5.56 Å². The molecule has 0 spiro atoms. The Hall–Kier alpha value is -2.65. The summed E-state index contributed by atoms with van der Waals surface area (Å²) in [6.45, 7) is 0. The standard InChI is InChI=1S/C14H9N3O2S/c15-10-11-6-8-16-14-13(11)7-9-17(14)20(18,19)12-4-2-1-3-5-12/h1-9H. The number of benzene rings is 1. The topological polar surface area (TPSA) is 75.8 Å². The molecule has 2 aromatic heterocycles. The second kappa shape index (κ2) is 4.47. The van der Waals surface area contributed by atoms with Crippen LogP contribution in [0.25, 0.3) is 11.0 Å². The van der Waals surface area contributed by atoms with E-state index >= 15 is 0 Å². The number of pyridine rings is 1. The van der Waals surface area contributed by atoms with Gasteiger partial charge >= 0.3 is 0 Å². The van der Waals surface area contributed by atoms with Crippen LogP contribution in [0.2, 0.25) is 0 Å². The molecule has 98 valence electrons. The molecule has 1 aromatic carbocycles. The molecule has 0 radical (unpaired) electrons. The largest absolute Gasteiger partial charge is 0.269 e. The van der Waals surface area contributed by atoms with Gasteiger partial charge in [-0.2, -0.15) is 5.26 Å². The van der Waals surface area contributed by atoms with E-state index in [-0.39, 0.29) is 10.5 Å². The molecule has 20 heavy (non-hydrogen) atoms. The number of hydrogen-bond donors (Lipinski definition) is 0. The lowest BCUT2D eigenvalue weighted by Gasteiger charge is -2.06. The Morgan fingerprint density at radius 1 is 1.10 bits per heavy atom. The van der Waals surface area contributed by atoms with Crippen molar-refractivity contribution < 1.29 is 8.42 Å². The molecule has 0 aliphatic rings. The highest BCUT2D eigenvalue weighted by molar-refractivity contribution is 7.90. The molecule has 6 heteroatoms. The maximum absolute atomic E-state index is 12.5. The molecule has 0 saturated heterocycles. The molecule has 5 nitrogen and oxygen atoms in total. The molecular weight excluding hydrogens is 274 g/mol. The molecule has 2 heterocycles. The van der Waals surface area contributed by atoms with E-state index in [9.17, 15) is 8.42 Å². The quantitative estimate of drug-likeness (QED) is 0.722. The van der Waals surface area contributed by atoms with E-state index in [1.54, 1.807) is 30.3 Å². The van der Waals surface area contributed by atoms with Crippen molar-refractivity contribution in [3.05, 3.63) is 60.4 Å². The Bertz CT molecular complexity index is 922. The summed E-state index contributed by atoms with van der Waals surface area (Å²) >= 11 is 0. The van der Waals surface area contributed by atoms with Crippen LogP contribution in [-0.4, -0.2) is 17.4 Å². The van der Waals surface area contributed by atoms with Crippen molar-refractivity contribution in [2.75, 3.05) is 0 Å². The fourth-order valence-electron chi connectivity index (χ4n) is 2.01. The monoisotopic (exact) mass is 283 g/mol. The fraction of sp³-hybridized carbons (Fsp3) is 0. The summed E-state index contributed by atoms with van der Waals surface area (Å²) < 4.78 is 26.2. The molecule has 0 N–H and O–H groups in total. The Morgan fingerprint density at radius 2 is 1.85 bits per heavy atom. The third-order valence-electron chi connectivity index (χ3n) is 2.97. The number of nitrogens with zero attached hydrogens (tertiary/aromatic N) is 3. The van der Waals surface area contributed by atoms with Crippen LogP contribution in [0, 0.1) is 11.3 Å². The van der Waals surface area contributed by atoms with Crippen molar-refractivity contribution in [3.63, 3.8) is 0 Å². The van der Waals surface area contributed by atoms with Crippen LogP contribution in [0.4, 0.5) is 0 Å². The molecule has 0 amide bonds. The molecule has 3 aromatic rings. The van der Waals surface area contributed by atoms with Crippen LogP contribution in [-0.2, 0) is 10.0 Å². The predicted molar refractivity (Wildman–Crippen MR) is 73.5 cm³/mol. The van der Waals surface area contributed by atoms with Crippen molar-refractivity contribution in [2.24, 2.45) is 0 Å². The first-order valence-corrected chi connectivity index (χ1v) is 7.25. The SMILES string of the molecule is N#Cc1ccnc2c1ccn2S(=O)(=O)c1ccccc1. The Kier molecular flexibility index (Phi) is 2.77. The van der Waals surface area contributed by atoms with Gasteiger partial charge in [0.1, 0.15) is 0 Å². The zero-order chi connectivity index (χ0) is 14.2. The van der Waals surface area contributed by atoms with E-state index in [2.05, 4.69) is 4.98 Å². The maximum atomic E-state index is 12.5. The summed E-state index contributed by atoms with van der Waals surface area (Å²) in [5.74, 6) is 0. The molecule has 0 atom stereocenters. The van der Waals surface area contributed by atoms with Gasteiger partial charge in [-0.05, 0) is 24.3 Å². The minimum atomic E-state index is -3.70. The lowest BCUT2D eigenvalue weighted by atomic mass is 10.2. The first-order chi connectivity index (χ1) is 9.64. The number of aromatic nitrogens is 2. The van der Waals surface area contributed by atoms with Gasteiger partial charge in [0.15, 0.2) is 5.65 Å². The second-order valence-electron chi connectivity index (χ2n) is 4.14. The molecule has 0 aliphatic carbocycles. The van der Waals surface area contributed by atoms with E-state index in [1.165, 1.54) is 24.5 Å². The van der Waals surface area contributed by atoms with Crippen molar-refractivity contribution in [3.8, 4) is 6.07 Å². The molecule has 3 rings (SSSR count). The number of rotatable bonds is 2. The van der Waals surface area contributed by atoms with E-state index < -0.39 is 10.0 Å². The highest BCUT2D eigenvalue weighted by atomic mass is 32.2. The van der Waals surface area contributed by atoms with Gasteiger partial charge in [0.05, 0.1) is 16.5 Å². The van der Waals surface area contributed by atoms with Crippen LogP contribution >= 0.6 is 0 Å². The lowest BCUT2D eigenvalue weighted by molar-refractivity contribution is 0.589. The smallest absolute Gasteiger partial charge is 0.237 e. The van der Waals surface area contributed by atoms with Gasteiger partial charge < -0.3 is 0 Å². The molecule has 0 bridgehead atoms.